The molecule has 0 fully saturated rings. The molecular formula is C12H12N4O5S. The number of aryl methyl sites for hydroxylation is 1. The smallest absolute Gasteiger partial charge is 0.358 e. The highest BCUT2D eigenvalue weighted by Crippen LogP contribution is 2.31. The first-order chi connectivity index (χ1) is 10.2. The molecule has 22 heavy (non-hydrogen) atoms. The molecule has 0 spiro atoms. The standard InChI is InChI=1S/C12H12N4O5S/c1-8(17)14-9-5-3-4-6-10(9)22(20,21)12-11(16(18)19)13-7-15(12)2/h3-7H,1-2H3,(H,14,17). The summed E-state index contributed by atoms with van der Waals surface area (Å²) in [5.41, 5.74) is 0.0468. The zero-order valence-corrected chi connectivity index (χ0v) is 12.5. The summed E-state index contributed by atoms with van der Waals surface area (Å²) in [5, 5.41) is 12.8. The first-order valence-electron chi connectivity index (χ1n) is 6.02. The van der Waals surface area contributed by atoms with Crippen LogP contribution in [0.25, 0.3) is 0 Å². The Morgan fingerprint density at radius 2 is 2.00 bits per heavy atom. The predicted octanol–water partition coefficient (Wildman–Crippen LogP) is 1.12. The van der Waals surface area contributed by atoms with Gasteiger partial charge in [0.2, 0.25) is 27.1 Å². The number of amides is 1. The first kappa shape index (κ1) is 15.6. The number of nitrogens with one attached hydrogen (secondary N) is 1. The van der Waals surface area contributed by atoms with E-state index in [0.717, 1.165) is 10.9 Å². The summed E-state index contributed by atoms with van der Waals surface area (Å²) in [7, 11) is -2.89. The lowest BCUT2D eigenvalue weighted by Crippen LogP contribution is -2.14. The number of benzene rings is 1. The van der Waals surface area contributed by atoms with Gasteiger partial charge in [-0.1, -0.05) is 12.1 Å². The second kappa shape index (κ2) is 5.56. The minimum atomic E-state index is -4.23. The number of anilines is 1. The summed E-state index contributed by atoms with van der Waals surface area (Å²) >= 11 is 0. The van der Waals surface area contributed by atoms with Crippen LogP contribution in [0.15, 0.2) is 40.5 Å². The number of aromatic nitrogens is 2. The third-order valence-corrected chi connectivity index (χ3v) is 4.69. The monoisotopic (exact) mass is 324 g/mol. The molecule has 2 aromatic rings. The van der Waals surface area contributed by atoms with Gasteiger partial charge in [0.25, 0.3) is 0 Å². The van der Waals surface area contributed by atoms with Gasteiger partial charge < -0.3 is 15.4 Å². The van der Waals surface area contributed by atoms with E-state index in [-0.39, 0.29) is 10.6 Å². The molecule has 0 bridgehead atoms. The van der Waals surface area contributed by atoms with Gasteiger partial charge in [0.05, 0.1) is 10.6 Å². The highest BCUT2D eigenvalue weighted by Gasteiger charge is 2.34. The maximum absolute atomic E-state index is 12.7. The molecule has 0 atom stereocenters. The van der Waals surface area contributed by atoms with Crippen molar-refractivity contribution in [3.63, 3.8) is 0 Å². The Kier molecular flexibility index (Phi) is 3.95. The van der Waals surface area contributed by atoms with E-state index in [1.807, 2.05) is 0 Å². The zero-order valence-electron chi connectivity index (χ0n) is 11.7. The zero-order chi connectivity index (χ0) is 16.5. The molecule has 1 amide bonds. The lowest BCUT2D eigenvalue weighted by Gasteiger charge is -2.10. The van der Waals surface area contributed by atoms with Crippen molar-refractivity contribution in [2.75, 3.05) is 5.32 Å². The summed E-state index contributed by atoms with van der Waals surface area (Å²) in [6.07, 6.45) is 1.05. The number of imidazole rings is 1. The highest BCUT2D eigenvalue weighted by atomic mass is 32.2. The van der Waals surface area contributed by atoms with E-state index in [1.165, 1.54) is 32.2 Å². The van der Waals surface area contributed by atoms with Gasteiger partial charge in [0, 0.05) is 14.0 Å². The van der Waals surface area contributed by atoms with Crippen LogP contribution in [0.4, 0.5) is 11.5 Å². The third kappa shape index (κ3) is 2.68. The summed E-state index contributed by atoms with van der Waals surface area (Å²) in [4.78, 5) is 24.5. The van der Waals surface area contributed by atoms with E-state index >= 15 is 0 Å². The quantitative estimate of drug-likeness (QED) is 0.663. The molecule has 0 aliphatic heterocycles. The molecule has 0 radical (unpaired) electrons. The Balaban J connectivity index is 2.70. The molecule has 1 N–H and O–H groups in total. The number of nitro groups is 1. The van der Waals surface area contributed by atoms with Crippen LogP contribution in [-0.4, -0.2) is 28.8 Å². The number of para-hydroxylation sites is 1. The predicted molar refractivity (Wildman–Crippen MR) is 76.1 cm³/mol. The molecule has 0 saturated heterocycles. The van der Waals surface area contributed by atoms with Gasteiger partial charge in [-0.25, -0.2) is 8.42 Å². The number of rotatable bonds is 4. The molecule has 10 heteroatoms. The SMILES string of the molecule is CC(=O)Nc1ccccc1S(=O)(=O)c1c([N+](=O)[O-])ncn1C. The molecule has 1 aromatic heterocycles. The summed E-state index contributed by atoms with van der Waals surface area (Å²) in [6, 6.07) is 5.66. The maximum Gasteiger partial charge on any atom is 0.401 e. The fourth-order valence-corrected chi connectivity index (χ4v) is 3.61. The second-order valence-corrected chi connectivity index (χ2v) is 6.26. The van der Waals surface area contributed by atoms with Gasteiger partial charge in [-0.3, -0.25) is 9.36 Å². The molecule has 0 aliphatic carbocycles. The average molecular weight is 324 g/mol. The van der Waals surface area contributed by atoms with Crippen LogP contribution >= 0.6 is 0 Å². The van der Waals surface area contributed by atoms with Crippen molar-refractivity contribution in [3.8, 4) is 0 Å². The van der Waals surface area contributed by atoms with Crippen LogP contribution in [-0.2, 0) is 21.7 Å². The van der Waals surface area contributed by atoms with Crippen molar-refractivity contribution in [2.24, 2.45) is 7.05 Å². The normalized spacial score (nSPS) is 11.2. The maximum atomic E-state index is 12.7. The van der Waals surface area contributed by atoms with E-state index in [2.05, 4.69) is 10.3 Å². The molecule has 0 saturated carbocycles. The molecule has 116 valence electrons. The average Bonchev–Trinajstić information content (AvgIpc) is 2.81. The van der Waals surface area contributed by atoms with Crippen LogP contribution < -0.4 is 5.32 Å². The van der Waals surface area contributed by atoms with Gasteiger partial charge >= 0.3 is 5.82 Å². The summed E-state index contributed by atoms with van der Waals surface area (Å²) in [5.74, 6) is -1.22. The molecular weight excluding hydrogens is 312 g/mol. The highest BCUT2D eigenvalue weighted by molar-refractivity contribution is 7.91. The fraction of sp³-hybridized carbons (Fsp3) is 0.167. The van der Waals surface area contributed by atoms with Crippen LogP contribution in [0.5, 0.6) is 0 Å². The number of sulfone groups is 1. The Morgan fingerprint density at radius 1 is 1.36 bits per heavy atom. The van der Waals surface area contributed by atoms with E-state index in [9.17, 15) is 23.3 Å². The van der Waals surface area contributed by atoms with Crippen molar-refractivity contribution in [1.82, 2.24) is 9.55 Å². The van der Waals surface area contributed by atoms with Crippen LogP contribution in [0.2, 0.25) is 0 Å². The molecule has 2 rings (SSSR count). The van der Waals surface area contributed by atoms with Crippen molar-refractivity contribution in [1.29, 1.82) is 0 Å². The molecule has 0 unspecified atom stereocenters. The van der Waals surface area contributed by atoms with Gasteiger partial charge in [-0.2, -0.15) is 0 Å². The van der Waals surface area contributed by atoms with Crippen molar-refractivity contribution in [2.45, 2.75) is 16.8 Å². The molecule has 0 aliphatic rings. The molecule has 1 heterocycles. The minimum absolute atomic E-state index is 0.0468. The van der Waals surface area contributed by atoms with Crippen LogP contribution in [0.3, 0.4) is 0 Å². The second-order valence-electron chi connectivity index (χ2n) is 4.42. The van der Waals surface area contributed by atoms with Gasteiger partial charge in [-0.15, -0.1) is 0 Å². The summed E-state index contributed by atoms with van der Waals surface area (Å²) in [6.45, 7) is 1.23. The molecule has 9 nitrogen and oxygen atoms in total. The van der Waals surface area contributed by atoms with Gasteiger partial charge in [0.1, 0.15) is 0 Å². The largest absolute Gasteiger partial charge is 0.401 e. The third-order valence-electron chi connectivity index (χ3n) is 2.78. The van der Waals surface area contributed by atoms with Crippen molar-refractivity contribution >= 4 is 27.2 Å². The Morgan fingerprint density at radius 3 is 2.59 bits per heavy atom. The van der Waals surface area contributed by atoms with E-state index < -0.39 is 31.5 Å². The van der Waals surface area contributed by atoms with E-state index in [4.69, 9.17) is 0 Å². The Hall–Kier alpha value is -2.75. The topological polar surface area (TPSA) is 124 Å². The van der Waals surface area contributed by atoms with Gasteiger partial charge in [-0.05, 0) is 22.0 Å². The lowest BCUT2D eigenvalue weighted by atomic mass is 10.3. The summed E-state index contributed by atoms with van der Waals surface area (Å²) < 4.78 is 26.5. The van der Waals surface area contributed by atoms with Gasteiger partial charge in [0.15, 0.2) is 0 Å². The van der Waals surface area contributed by atoms with E-state index in [1.54, 1.807) is 6.07 Å². The number of nitrogens with zero attached hydrogens (tertiary/aromatic N) is 3. The number of carbonyl (C=O) groups excluding carboxylic acids is 1. The number of carbonyl (C=O) groups is 1. The molecule has 1 aromatic carbocycles. The van der Waals surface area contributed by atoms with E-state index in [0.29, 0.717) is 0 Å². The number of hydrogen-bond acceptors (Lipinski definition) is 6. The van der Waals surface area contributed by atoms with Crippen molar-refractivity contribution < 1.29 is 18.1 Å². The number of hydrogen-bond donors (Lipinski definition) is 1. The minimum Gasteiger partial charge on any atom is -0.358 e. The lowest BCUT2D eigenvalue weighted by molar-refractivity contribution is -0.392. The Labute approximate surface area is 125 Å². The fourth-order valence-electron chi connectivity index (χ4n) is 1.94. The first-order valence-corrected chi connectivity index (χ1v) is 7.51. The van der Waals surface area contributed by atoms with Crippen molar-refractivity contribution in [3.05, 3.63) is 40.7 Å². The van der Waals surface area contributed by atoms with Crippen LogP contribution in [0.1, 0.15) is 6.92 Å². The van der Waals surface area contributed by atoms with Crippen LogP contribution in [0, 0.1) is 10.1 Å². The Bertz CT molecular complexity index is 856.